The standard InChI is InChI=1S/C16H18N2O3S/c19-16(17-14-8-10-22(20,21)12-14)15-7-4-9-18(15)11-13-5-2-1-3-6-13/h1-7,9,14H,8,10-12H2,(H,17,19). The second-order valence-electron chi connectivity index (χ2n) is 5.58. The number of carbonyl (C=O) groups excluding carboxylic acids is 1. The van der Waals surface area contributed by atoms with Crippen LogP contribution in [0.4, 0.5) is 0 Å². The van der Waals surface area contributed by atoms with E-state index in [-0.39, 0.29) is 23.5 Å². The Labute approximate surface area is 129 Å². The molecule has 0 aliphatic carbocycles. The smallest absolute Gasteiger partial charge is 0.268 e. The van der Waals surface area contributed by atoms with Gasteiger partial charge in [0.25, 0.3) is 5.91 Å². The number of benzene rings is 1. The Kier molecular flexibility index (Phi) is 4.02. The van der Waals surface area contributed by atoms with E-state index in [1.807, 2.05) is 47.2 Å². The van der Waals surface area contributed by atoms with Crippen LogP contribution in [0, 0.1) is 0 Å². The molecule has 1 aliphatic rings. The molecule has 1 fully saturated rings. The Hall–Kier alpha value is -2.08. The lowest BCUT2D eigenvalue weighted by atomic mass is 10.2. The molecule has 116 valence electrons. The number of amides is 1. The first-order valence-corrected chi connectivity index (χ1v) is 9.06. The molecule has 1 saturated heterocycles. The van der Waals surface area contributed by atoms with Crippen molar-refractivity contribution in [2.45, 2.75) is 19.0 Å². The fourth-order valence-electron chi connectivity index (χ4n) is 2.71. The van der Waals surface area contributed by atoms with Gasteiger partial charge in [-0.15, -0.1) is 0 Å². The van der Waals surface area contributed by atoms with Gasteiger partial charge in [-0.3, -0.25) is 4.79 Å². The number of sulfone groups is 1. The first-order valence-electron chi connectivity index (χ1n) is 7.24. The number of carbonyl (C=O) groups is 1. The highest BCUT2D eigenvalue weighted by atomic mass is 32.2. The van der Waals surface area contributed by atoms with Gasteiger partial charge in [0.15, 0.2) is 9.84 Å². The van der Waals surface area contributed by atoms with E-state index in [1.54, 1.807) is 6.07 Å². The summed E-state index contributed by atoms with van der Waals surface area (Å²) in [6.07, 6.45) is 2.35. The Bertz CT molecular complexity index is 766. The lowest BCUT2D eigenvalue weighted by Gasteiger charge is -2.13. The monoisotopic (exact) mass is 318 g/mol. The van der Waals surface area contributed by atoms with Gasteiger partial charge in [0.05, 0.1) is 11.5 Å². The Morgan fingerprint density at radius 3 is 2.64 bits per heavy atom. The molecule has 5 nitrogen and oxygen atoms in total. The number of hydrogen-bond acceptors (Lipinski definition) is 3. The fraction of sp³-hybridized carbons (Fsp3) is 0.312. The maximum atomic E-state index is 12.4. The van der Waals surface area contributed by atoms with E-state index in [1.165, 1.54) is 0 Å². The summed E-state index contributed by atoms with van der Waals surface area (Å²) in [6.45, 7) is 0.611. The molecule has 1 aromatic carbocycles. The Morgan fingerprint density at radius 2 is 1.95 bits per heavy atom. The van der Waals surface area contributed by atoms with Crippen LogP contribution in [0.2, 0.25) is 0 Å². The van der Waals surface area contributed by atoms with E-state index >= 15 is 0 Å². The topological polar surface area (TPSA) is 68.2 Å². The van der Waals surface area contributed by atoms with Crippen LogP contribution in [0.15, 0.2) is 48.7 Å². The van der Waals surface area contributed by atoms with Crippen LogP contribution in [-0.4, -0.2) is 36.4 Å². The lowest BCUT2D eigenvalue weighted by Crippen LogP contribution is -2.36. The van der Waals surface area contributed by atoms with Crippen molar-refractivity contribution in [1.29, 1.82) is 0 Å². The van der Waals surface area contributed by atoms with Gasteiger partial charge in [0.1, 0.15) is 5.69 Å². The molecule has 0 spiro atoms. The van der Waals surface area contributed by atoms with Crippen LogP contribution in [0.1, 0.15) is 22.5 Å². The van der Waals surface area contributed by atoms with Crippen molar-refractivity contribution in [3.8, 4) is 0 Å². The number of rotatable bonds is 4. The summed E-state index contributed by atoms with van der Waals surface area (Å²) in [7, 11) is -2.99. The van der Waals surface area contributed by atoms with Gasteiger partial charge in [0, 0.05) is 18.8 Å². The van der Waals surface area contributed by atoms with E-state index < -0.39 is 9.84 Å². The number of aromatic nitrogens is 1. The summed E-state index contributed by atoms with van der Waals surface area (Å²) < 4.78 is 24.8. The van der Waals surface area contributed by atoms with Crippen molar-refractivity contribution in [2.75, 3.05) is 11.5 Å². The number of nitrogens with one attached hydrogen (secondary N) is 1. The van der Waals surface area contributed by atoms with Crippen LogP contribution in [0.5, 0.6) is 0 Å². The van der Waals surface area contributed by atoms with Crippen molar-refractivity contribution in [3.05, 3.63) is 59.9 Å². The van der Waals surface area contributed by atoms with E-state index in [0.29, 0.717) is 18.7 Å². The molecule has 1 amide bonds. The van der Waals surface area contributed by atoms with Crippen molar-refractivity contribution < 1.29 is 13.2 Å². The molecular weight excluding hydrogens is 300 g/mol. The molecule has 6 heteroatoms. The average molecular weight is 318 g/mol. The molecular formula is C16H18N2O3S. The third-order valence-corrected chi connectivity index (χ3v) is 5.59. The molecule has 1 aromatic heterocycles. The van der Waals surface area contributed by atoms with Gasteiger partial charge in [0.2, 0.25) is 0 Å². The highest BCUT2D eigenvalue weighted by Crippen LogP contribution is 2.13. The molecule has 1 unspecified atom stereocenters. The molecule has 1 aliphatic heterocycles. The number of nitrogens with zero attached hydrogens (tertiary/aromatic N) is 1. The fourth-order valence-corrected chi connectivity index (χ4v) is 4.38. The molecule has 0 radical (unpaired) electrons. The SMILES string of the molecule is O=C(NC1CCS(=O)(=O)C1)c1cccn1Cc1ccccc1. The van der Waals surface area contributed by atoms with E-state index in [0.717, 1.165) is 5.56 Å². The second kappa shape index (κ2) is 5.96. The second-order valence-corrected chi connectivity index (χ2v) is 7.81. The Morgan fingerprint density at radius 1 is 1.18 bits per heavy atom. The molecule has 0 bridgehead atoms. The van der Waals surface area contributed by atoms with Crippen LogP contribution in [0.3, 0.4) is 0 Å². The molecule has 2 aromatic rings. The van der Waals surface area contributed by atoms with Crippen molar-refractivity contribution in [3.63, 3.8) is 0 Å². The molecule has 0 saturated carbocycles. The maximum Gasteiger partial charge on any atom is 0.268 e. The first-order chi connectivity index (χ1) is 10.5. The van der Waals surface area contributed by atoms with Crippen LogP contribution >= 0.6 is 0 Å². The summed E-state index contributed by atoms with van der Waals surface area (Å²) in [5.74, 6) is -0.0239. The van der Waals surface area contributed by atoms with Crippen LogP contribution in [-0.2, 0) is 16.4 Å². The highest BCUT2D eigenvalue weighted by molar-refractivity contribution is 7.91. The van der Waals surface area contributed by atoms with Gasteiger partial charge >= 0.3 is 0 Å². The molecule has 1 atom stereocenters. The predicted molar refractivity (Wildman–Crippen MR) is 84.5 cm³/mol. The van der Waals surface area contributed by atoms with E-state index in [9.17, 15) is 13.2 Å². The van der Waals surface area contributed by atoms with Gasteiger partial charge < -0.3 is 9.88 Å². The highest BCUT2D eigenvalue weighted by Gasteiger charge is 2.29. The summed E-state index contributed by atoms with van der Waals surface area (Å²) >= 11 is 0. The minimum absolute atomic E-state index is 0.0398. The largest absolute Gasteiger partial charge is 0.347 e. The summed E-state index contributed by atoms with van der Waals surface area (Å²) in [5.41, 5.74) is 1.66. The average Bonchev–Trinajstić information content (AvgIpc) is 3.06. The zero-order valence-corrected chi connectivity index (χ0v) is 12.9. The van der Waals surface area contributed by atoms with Crippen molar-refractivity contribution in [2.24, 2.45) is 0 Å². The minimum Gasteiger partial charge on any atom is -0.347 e. The van der Waals surface area contributed by atoms with Gasteiger partial charge in [-0.1, -0.05) is 30.3 Å². The van der Waals surface area contributed by atoms with E-state index in [4.69, 9.17) is 0 Å². The quantitative estimate of drug-likeness (QED) is 0.928. The third-order valence-electron chi connectivity index (χ3n) is 3.83. The zero-order valence-electron chi connectivity index (χ0n) is 12.1. The Balaban J connectivity index is 1.70. The van der Waals surface area contributed by atoms with Gasteiger partial charge in [-0.05, 0) is 24.1 Å². The van der Waals surface area contributed by atoms with Crippen LogP contribution in [0.25, 0.3) is 0 Å². The summed E-state index contributed by atoms with van der Waals surface area (Å²) in [4.78, 5) is 12.4. The molecule has 2 heterocycles. The predicted octanol–water partition coefficient (Wildman–Crippen LogP) is 1.45. The molecule has 22 heavy (non-hydrogen) atoms. The van der Waals surface area contributed by atoms with Crippen LogP contribution < -0.4 is 5.32 Å². The maximum absolute atomic E-state index is 12.4. The molecule has 1 N–H and O–H groups in total. The minimum atomic E-state index is -2.99. The summed E-state index contributed by atoms with van der Waals surface area (Å²) in [6, 6.07) is 13.2. The summed E-state index contributed by atoms with van der Waals surface area (Å²) in [5, 5.41) is 2.82. The van der Waals surface area contributed by atoms with Crippen molar-refractivity contribution >= 4 is 15.7 Å². The first kappa shape index (κ1) is 14.8. The van der Waals surface area contributed by atoms with Gasteiger partial charge in [-0.25, -0.2) is 8.42 Å². The van der Waals surface area contributed by atoms with Crippen molar-refractivity contribution in [1.82, 2.24) is 9.88 Å². The molecule has 3 rings (SSSR count). The third kappa shape index (κ3) is 3.39. The number of hydrogen-bond donors (Lipinski definition) is 1. The zero-order chi connectivity index (χ0) is 15.6. The normalized spacial score (nSPS) is 19.9. The van der Waals surface area contributed by atoms with Gasteiger partial charge in [-0.2, -0.15) is 0 Å². The van der Waals surface area contributed by atoms with E-state index in [2.05, 4.69) is 5.32 Å². The lowest BCUT2D eigenvalue weighted by molar-refractivity contribution is 0.0932.